The van der Waals surface area contributed by atoms with Gasteiger partial charge in [0.05, 0.1) is 0 Å². The summed E-state index contributed by atoms with van der Waals surface area (Å²) in [5, 5.41) is 5.75. The molecule has 0 saturated carbocycles. The van der Waals surface area contributed by atoms with Gasteiger partial charge in [-0.3, -0.25) is 0 Å². The summed E-state index contributed by atoms with van der Waals surface area (Å²) in [7, 11) is 0. The fourth-order valence-corrected chi connectivity index (χ4v) is 2.68. The number of nitrogens with one attached hydrogen (secondary N) is 1. The van der Waals surface area contributed by atoms with Gasteiger partial charge in [0.15, 0.2) is 0 Å². The molecule has 0 radical (unpaired) electrons. The molecule has 0 saturated heterocycles. The predicted octanol–water partition coefficient (Wildman–Crippen LogP) is 3.85. The lowest BCUT2D eigenvalue weighted by Crippen LogP contribution is -2.29. The third kappa shape index (κ3) is 6.51. The Morgan fingerprint density at radius 1 is 1.47 bits per heavy atom. The van der Waals surface area contributed by atoms with Crippen LogP contribution >= 0.6 is 11.3 Å². The van der Waals surface area contributed by atoms with Gasteiger partial charge in [0.1, 0.15) is 0 Å². The standard InChI is InChI=1S/C15H23NS/c1-3-5-8-14(16-12-4-2)9-6-10-15-11-7-13-17-15/h1,7,11,13-14,16H,4-6,8-10,12H2,2H3. The number of terminal acetylenes is 1. The Balaban J connectivity index is 2.20. The lowest BCUT2D eigenvalue weighted by atomic mass is 10.0. The molecule has 1 N–H and O–H groups in total. The van der Waals surface area contributed by atoms with Gasteiger partial charge in [-0.2, -0.15) is 0 Å². The van der Waals surface area contributed by atoms with E-state index in [4.69, 9.17) is 6.42 Å². The second-order valence-electron chi connectivity index (χ2n) is 4.37. The molecule has 1 nitrogen and oxygen atoms in total. The van der Waals surface area contributed by atoms with Crippen LogP contribution in [0.5, 0.6) is 0 Å². The van der Waals surface area contributed by atoms with E-state index >= 15 is 0 Å². The zero-order valence-electron chi connectivity index (χ0n) is 10.7. The molecular formula is C15H23NS. The Hall–Kier alpha value is -0.780. The lowest BCUT2D eigenvalue weighted by Gasteiger charge is -2.17. The zero-order chi connectivity index (χ0) is 12.3. The summed E-state index contributed by atoms with van der Waals surface area (Å²) in [4.78, 5) is 1.50. The quantitative estimate of drug-likeness (QED) is 0.655. The summed E-state index contributed by atoms with van der Waals surface area (Å²) < 4.78 is 0. The molecule has 1 aromatic rings. The molecule has 17 heavy (non-hydrogen) atoms. The summed E-state index contributed by atoms with van der Waals surface area (Å²) in [6.07, 6.45) is 12.2. The van der Waals surface area contributed by atoms with Gasteiger partial charge in [0, 0.05) is 17.3 Å². The highest BCUT2D eigenvalue weighted by molar-refractivity contribution is 7.09. The van der Waals surface area contributed by atoms with Crippen LogP contribution in [0.15, 0.2) is 17.5 Å². The predicted molar refractivity (Wildman–Crippen MR) is 77.4 cm³/mol. The summed E-state index contributed by atoms with van der Waals surface area (Å²) in [5.41, 5.74) is 0. The van der Waals surface area contributed by atoms with E-state index in [0.29, 0.717) is 6.04 Å². The van der Waals surface area contributed by atoms with Crippen molar-refractivity contribution in [3.63, 3.8) is 0 Å². The first-order chi connectivity index (χ1) is 8.36. The van der Waals surface area contributed by atoms with Crippen molar-refractivity contribution in [1.29, 1.82) is 0 Å². The second kappa shape index (κ2) is 9.27. The zero-order valence-corrected chi connectivity index (χ0v) is 11.6. The molecule has 0 amide bonds. The molecule has 1 aromatic heterocycles. The first kappa shape index (κ1) is 14.3. The largest absolute Gasteiger partial charge is 0.314 e. The fourth-order valence-electron chi connectivity index (χ4n) is 1.93. The lowest BCUT2D eigenvalue weighted by molar-refractivity contribution is 0.447. The summed E-state index contributed by atoms with van der Waals surface area (Å²) >= 11 is 1.86. The van der Waals surface area contributed by atoms with Crippen LogP contribution in [-0.2, 0) is 6.42 Å². The summed E-state index contributed by atoms with van der Waals surface area (Å²) in [6, 6.07) is 4.96. The molecule has 0 fully saturated rings. The van der Waals surface area contributed by atoms with Crippen LogP contribution in [-0.4, -0.2) is 12.6 Å². The van der Waals surface area contributed by atoms with Crippen LogP contribution in [0.1, 0.15) is 43.9 Å². The van der Waals surface area contributed by atoms with Crippen LogP contribution in [0.2, 0.25) is 0 Å². The van der Waals surface area contributed by atoms with Crippen molar-refractivity contribution in [3.05, 3.63) is 22.4 Å². The molecule has 94 valence electrons. The van der Waals surface area contributed by atoms with E-state index in [2.05, 4.69) is 35.7 Å². The van der Waals surface area contributed by atoms with E-state index in [1.165, 1.54) is 30.6 Å². The third-order valence-corrected chi connectivity index (χ3v) is 3.81. The number of hydrogen-bond acceptors (Lipinski definition) is 2. The van der Waals surface area contributed by atoms with Crippen LogP contribution < -0.4 is 5.32 Å². The maximum Gasteiger partial charge on any atom is 0.0101 e. The number of hydrogen-bond donors (Lipinski definition) is 1. The number of rotatable bonds is 9. The van der Waals surface area contributed by atoms with Crippen molar-refractivity contribution in [2.45, 2.75) is 51.5 Å². The Morgan fingerprint density at radius 2 is 2.35 bits per heavy atom. The van der Waals surface area contributed by atoms with Gasteiger partial charge < -0.3 is 5.32 Å². The molecule has 0 aliphatic rings. The van der Waals surface area contributed by atoms with E-state index in [1.54, 1.807) is 0 Å². The Labute approximate surface area is 110 Å². The highest BCUT2D eigenvalue weighted by atomic mass is 32.1. The Morgan fingerprint density at radius 3 is 3.00 bits per heavy atom. The van der Waals surface area contributed by atoms with E-state index in [-0.39, 0.29) is 0 Å². The van der Waals surface area contributed by atoms with Crippen molar-refractivity contribution in [3.8, 4) is 12.3 Å². The second-order valence-corrected chi connectivity index (χ2v) is 5.40. The average Bonchev–Trinajstić information content (AvgIpc) is 2.85. The third-order valence-electron chi connectivity index (χ3n) is 2.88. The van der Waals surface area contributed by atoms with Gasteiger partial charge >= 0.3 is 0 Å². The maximum absolute atomic E-state index is 5.34. The average molecular weight is 249 g/mol. The Kier molecular flexibility index (Phi) is 7.79. The van der Waals surface area contributed by atoms with Crippen LogP contribution in [0.3, 0.4) is 0 Å². The minimum absolute atomic E-state index is 0.603. The van der Waals surface area contributed by atoms with Crippen molar-refractivity contribution in [2.24, 2.45) is 0 Å². The van der Waals surface area contributed by atoms with Crippen LogP contribution in [0.4, 0.5) is 0 Å². The molecule has 0 aliphatic heterocycles. The van der Waals surface area contributed by atoms with Gasteiger partial charge in [-0.15, -0.1) is 23.7 Å². The first-order valence-electron chi connectivity index (χ1n) is 6.56. The van der Waals surface area contributed by atoms with Crippen molar-refractivity contribution in [1.82, 2.24) is 5.32 Å². The molecule has 0 aromatic carbocycles. The van der Waals surface area contributed by atoms with E-state index in [1.807, 2.05) is 11.3 Å². The van der Waals surface area contributed by atoms with E-state index < -0.39 is 0 Å². The van der Waals surface area contributed by atoms with Gasteiger partial charge in [-0.1, -0.05) is 13.0 Å². The topological polar surface area (TPSA) is 12.0 Å². The highest BCUT2D eigenvalue weighted by Gasteiger charge is 2.06. The van der Waals surface area contributed by atoms with Gasteiger partial charge in [0.25, 0.3) is 0 Å². The number of thiophene rings is 1. The molecule has 1 rings (SSSR count). The van der Waals surface area contributed by atoms with E-state index in [0.717, 1.165) is 19.4 Å². The molecule has 1 heterocycles. The normalized spacial score (nSPS) is 12.2. The minimum atomic E-state index is 0.603. The molecule has 1 atom stereocenters. The number of aryl methyl sites for hydroxylation is 1. The van der Waals surface area contributed by atoms with Gasteiger partial charge in [-0.25, -0.2) is 0 Å². The SMILES string of the molecule is C#CCCC(CCCc1cccs1)NCCC. The molecule has 0 bridgehead atoms. The Bertz CT molecular complexity index is 310. The monoisotopic (exact) mass is 249 g/mol. The van der Waals surface area contributed by atoms with Gasteiger partial charge in [0.2, 0.25) is 0 Å². The smallest absolute Gasteiger partial charge is 0.0101 e. The molecule has 0 spiro atoms. The fraction of sp³-hybridized carbons (Fsp3) is 0.600. The summed E-state index contributed by atoms with van der Waals surface area (Å²) in [5.74, 6) is 2.74. The molecular weight excluding hydrogens is 226 g/mol. The van der Waals surface area contributed by atoms with Crippen LogP contribution in [0.25, 0.3) is 0 Å². The van der Waals surface area contributed by atoms with Crippen molar-refractivity contribution < 1.29 is 0 Å². The molecule has 1 unspecified atom stereocenters. The molecule has 2 heteroatoms. The van der Waals surface area contributed by atoms with Gasteiger partial charge in [-0.05, 0) is 50.1 Å². The van der Waals surface area contributed by atoms with E-state index in [9.17, 15) is 0 Å². The highest BCUT2D eigenvalue weighted by Crippen LogP contribution is 2.14. The first-order valence-corrected chi connectivity index (χ1v) is 7.44. The van der Waals surface area contributed by atoms with Crippen LogP contribution in [0, 0.1) is 12.3 Å². The minimum Gasteiger partial charge on any atom is -0.314 e. The van der Waals surface area contributed by atoms with Crippen molar-refractivity contribution in [2.75, 3.05) is 6.54 Å². The van der Waals surface area contributed by atoms with Crippen molar-refractivity contribution >= 4 is 11.3 Å². The molecule has 0 aliphatic carbocycles. The summed E-state index contributed by atoms with van der Waals surface area (Å²) in [6.45, 7) is 3.31. The maximum atomic E-state index is 5.34.